The van der Waals surface area contributed by atoms with Gasteiger partial charge in [0.2, 0.25) is 0 Å². The molecular weight excluding hydrogens is 253 g/mol. The van der Waals surface area contributed by atoms with E-state index in [-0.39, 0.29) is 5.82 Å². The van der Waals surface area contributed by atoms with Crippen LogP contribution in [0.3, 0.4) is 0 Å². The first-order valence-electron chi connectivity index (χ1n) is 7.69. The van der Waals surface area contributed by atoms with E-state index in [1.807, 2.05) is 12.1 Å². The summed E-state index contributed by atoms with van der Waals surface area (Å²) in [5.41, 5.74) is 1.15. The topological polar surface area (TPSA) is 21.3 Å². The molecule has 0 radical (unpaired) electrons. The molecule has 1 aliphatic carbocycles. The van der Waals surface area contributed by atoms with Gasteiger partial charge in [0.1, 0.15) is 5.82 Å². The van der Waals surface area contributed by atoms with Crippen LogP contribution < -0.4 is 5.32 Å². The molecule has 1 atom stereocenters. The van der Waals surface area contributed by atoms with Crippen molar-refractivity contribution in [3.8, 4) is 0 Å². The monoisotopic (exact) mass is 279 g/mol. The predicted molar refractivity (Wildman–Crippen MR) is 80.4 cm³/mol. The third-order valence-corrected chi connectivity index (χ3v) is 3.65. The van der Waals surface area contributed by atoms with E-state index in [4.69, 9.17) is 4.74 Å². The van der Waals surface area contributed by atoms with E-state index in [1.54, 1.807) is 0 Å². The van der Waals surface area contributed by atoms with E-state index < -0.39 is 0 Å². The second kappa shape index (κ2) is 7.75. The van der Waals surface area contributed by atoms with E-state index >= 15 is 0 Å². The summed E-state index contributed by atoms with van der Waals surface area (Å²) in [4.78, 5) is 0. The standard InChI is InChI=1S/C17H26FNO/c1-13(2)9-19-10-16(12-20-11-14-3-4-14)15-5-7-17(18)8-6-15/h5-8,13-14,16,19H,3-4,9-12H2,1-2H3. The van der Waals surface area contributed by atoms with Crippen LogP contribution in [0, 0.1) is 17.7 Å². The minimum Gasteiger partial charge on any atom is -0.380 e. The maximum atomic E-state index is 13.0. The summed E-state index contributed by atoms with van der Waals surface area (Å²) in [6.45, 7) is 7.87. The molecule has 0 saturated heterocycles. The fourth-order valence-electron chi connectivity index (χ4n) is 2.22. The van der Waals surface area contributed by atoms with Gasteiger partial charge in [0, 0.05) is 19.1 Å². The second-order valence-corrected chi connectivity index (χ2v) is 6.28. The molecule has 1 fully saturated rings. The predicted octanol–water partition coefficient (Wildman–Crippen LogP) is 3.58. The van der Waals surface area contributed by atoms with E-state index in [0.717, 1.165) is 31.2 Å². The molecule has 2 nitrogen and oxygen atoms in total. The number of rotatable bonds is 9. The van der Waals surface area contributed by atoms with E-state index in [0.29, 0.717) is 18.4 Å². The van der Waals surface area contributed by atoms with Crippen molar-refractivity contribution in [3.05, 3.63) is 35.6 Å². The Morgan fingerprint density at radius 3 is 2.50 bits per heavy atom. The molecule has 0 aliphatic heterocycles. The van der Waals surface area contributed by atoms with Gasteiger partial charge < -0.3 is 10.1 Å². The van der Waals surface area contributed by atoms with Crippen LogP contribution in [0.4, 0.5) is 4.39 Å². The van der Waals surface area contributed by atoms with E-state index in [9.17, 15) is 4.39 Å². The lowest BCUT2D eigenvalue weighted by Crippen LogP contribution is -2.28. The highest BCUT2D eigenvalue weighted by Gasteiger charge is 2.22. The highest BCUT2D eigenvalue weighted by Crippen LogP contribution is 2.29. The molecule has 112 valence electrons. The SMILES string of the molecule is CC(C)CNCC(COCC1CC1)c1ccc(F)cc1. The molecular formula is C17H26FNO. The molecule has 20 heavy (non-hydrogen) atoms. The molecule has 2 rings (SSSR count). The molecule has 1 aromatic carbocycles. The largest absolute Gasteiger partial charge is 0.380 e. The van der Waals surface area contributed by atoms with E-state index in [1.165, 1.54) is 25.0 Å². The molecule has 1 aromatic rings. The number of benzene rings is 1. The molecule has 3 heteroatoms. The first-order chi connectivity index (χ1) is 9.65. The fraction of sp³-hybridized carbons (Fsp3) is 0.647. The molecule has 0 bridgehead atoms. The van der Waals surface area contributed by atoms with Crippen molar-refractivity contribution in [1.29, 1.82) is 0 Å². The normalized spacial score (nSPS) is 16.6. The van der Waals surface area contributed by atoms with Gasteiger partial charge in [-0.05, 0) is 48.9 Å². The van der Waals surface area contributed by atoms with Gasteiger partial charge in [0.05, 0.1) is 6.61 Å². The highest BCUT2D eigenvalue weighted by molar-refractivity contribution is 5.21. The highest BCUT2D eigenvalue weighted by atomic mass is 19.1. The summed E-state index contributed by atoms with van der Waals surface area (Å²) >= 11 is 0. The van der Waals surface area contributed by atoms with Crippen molar-refractivity contribution in [3.63, 3.8) is 0 Å². The smallest absolute Gasteiger partial charge is 0.123 e. The number of hydrogen-bond acceptors (Lipinski definition) is 2. The van der Waals surface area contributed by atoms with E-state index in [2.05, 4.69) is 19.2 Å². The van der Waals surface area contributed by atoms with Gasteiger partial charge in [-0.25, -0.2) is 4.39 Å². The number of halogens is 1. The average Bonchev–Trinajstić information content (AvgIpc) is 3.22. The summed E-state index contributed by atoms with van der Waals surface area (Å²) < 4.78 is 18.9. The molecule has 0 amide bonds. The number of nitrogens with one attached hydrogen (secondary N) is 1. The van der Waals surface area contributed by atoms with Gasteiger partial charge in [0.25, 0.3) is 0 Å². The average molecular weight is 279 g/mol. The van der Waals surface area contributed by atoms with Crippen molar-refractivity contribution in [2.24, 2.45) is 11.8 Å². The Bertz CT molecular complexity index is 378. The summed E-state index contributed by atoms with van der Waals surface area (Å²) in [5.74, 6) is 1.54. The van der Waals surface area contributed by atoms with Crippen LogP contribution in [0.25, 0.3) is 0 Å². The van der Waals surface area contributed by atoms with Crippen molar-refractivity contribution in [2.45, 2.75) is 32.6 Å². The zero-order valence-corrected chi connectivity index (χ0v) is 12.6. The van der Waals surface area contributed by atoms with Crippen LogP contribution in [0.15, 0.2) is 24.3 Å². The van der Waals surface area contributed by atoms with Gasteiger partial charge in [-0.1, -0.05) is 26.0 Å². The van der Waals surface area contributed by atoms with Crippen molar-refractivity contribution < 1.29 is 9.13 Å². The summed E-state index contributed by atoms with van der Waals surface area (Å²) in [6, 6.07) is 6.81. The van der Waals surface area contributed by atoms with Crippen LogP contribution in [-0.4, -0.2) is 26.3 Å². The Morgan fingerprint density at radius 1 is 1.20 bits per heavy atom. The minimum absolute atomic E-state index is 0.179. The lowest BCUT2D eigenvalue weighted by Gasteiger charge is -2.19. The molecule has 0 aromatic heterocycles. The Balaban J connectivity index is 1.85. The van der Waals surface area contributed by atoms with Crippen LogP contribution in [-0.2, 0) is 4.74 Å². The lowest BCUT2D eigenvalue weighted by atomic mass is 9.99. The van der Waals surface area contributed by atoms with Crippen LogP contribution >= 0.6 is 0 Å². The number of hydrogen-bond donors (Lipinski definition) is 1. The first kappa shape index (κ1) is 15.5. The Morgan fingerprint density at radius 2 is 1.90 bits per heavy atom. The number of ether oxygens (including phenoxy) is 1. The third-order valence-electron chi connectivity index (χ3n) is 3.65. The summed E-state index contributed by atoms with van der Waals surface area (Å²) in [6.07, 6.45) is 2.62. The Hall–Kier alpha value is -0.930. The fourth-order valence-corrected chi connectivity index (χ4v) is 2.22. The lowest BCUT2D eigenvalue weighted by molar-refractivity contribution is 0.110. The Kier molecular flexibility index (Phi) is 5.99. The zero-order chi connectivity index (χ0) is 14.4. The molecule has 0 heterocycles. The molecule has 0 spiro atoms. The maximum absolute atomic E-state index is 13.0. The van der Waals surface area contributed by atoms with Gasteiger partial charge >= 0.3 is 0 Å². The molecule has 1 saturated carbocycles. The quantitative estimate of drug-likeness (QED) is 0.746. The zero-order valence-electron chi connectivity index (χ0n) is 12.6. The maximum Gasteiger partial charge on any atom is 0.123 e. The molecule has 1 aliphatic rings. The van der Waals surface area contributed by atoms with Gasteiger partial charge in [-0.2, -0.15) is 0 Å². The van der Waals surface area contributed by atoms with Gasteiger partial charge in [0.15, 0.2) is 0 Å². The second-order valence-electron chi connectivity index (χ2n) is 6.28. The first-order valence-corrected chi connectivity index (χ1v) is 7.69. The van der Waals surface area contributed by atoms with Gasteiger partial charge in [-0.15, -0.1) is 0 Å². The van der Waals surface area contributed by atoms with Crippen molar-refractivity contribution in [1.82, 2.24) is 5.32 Å². The van der Waals surface area contributed by atoms with Crippen LogP contribution in [0.5, 0.6) is 0 Å². The minimum atomic E-state index is -0.179. The summed E-state index contributed by atoms with van der Waals surface area (Å²) in [5, 5.41) is 3.48. The van der Waals surface area contributed by atoms with Gasteiger partial charge in [-0.3, -0.25) is 0 Å². The Labute approximate surface area is 121 Å². The molecule has 1 N–H and O–H groups in total. The summed E-state index contributed by atoms with van der Waals surface area (Å²) in [7, 11) is 0. The van der Waals surface area contributed by atoms with Crippen LogP contribution in [0.2, 0.25) is 0 Å². The van der Waals surface area contributed by atoms with Crippen molar-refractivity contribution >= 4 is 0 Å². The van der Waals surface area contributed by atoms with Crippen molar-refractivity contribution in [2.75, 3.05) is 26.3 Å². The molecule has 1 unspecified atom stereocenters. The van der Waals surface area contributed by atoms with Crippen LogP contribution in [0.1, 0.15) is 38.2 Å². The third kappa shape index (κ3) is 5.59.